The third-order valence-electron chi connectivity index (χ3n) is 5.24. The maximum Gasteiger partial charge on any atom is 0.303 e. The molecule has 0 aliphatic heterocycles. The van der Waals surface area contributed by atoms with Crippen molar-refractivity contribution in [3.05, 3.63) is 24.3 Å². The quantitative estimate of drug-likeness (QED) is 0.313. The Hall–Kier alpha value is -1.57. The van der Waals surface area contributed by atoms with E-state index in [1.807, 2.05) is 26.0 Å². The van der Waals surface area contributed by atoms with Crippen molar-refractivity contribution < 1.29 is 20.1 Å². The number of rotatable bonds is 10. The van der Waals surface area contributed by atoms with E-state index in [0.29, 0.717) is 12.8 Å². The van der Waals surface area contributed by atoms with Crippen LogP contribution in [0.5, 0.6) is 0 Å². The molecule has 4 nitrogen and oxygen atoms in total. The van der Waals surface area contributed by atoms with Crippen molar-refractivity contribution >= 4 is 5.97 Å². The normalized spacial score (nSPS) is 24.7. The second kappa shape index (κ2) is 11.2. The van der Waals surface area contributed by atoms with Crippen LogP contribution in [0, 0.1) is 29.1 Å². The van der Waals surface area contributed by atoms with Crippen molar-refractivity contribution in [2.75, 3.05) is 0 Å². The molecule has 0 bridgehead atoms. The van der Waals surface area contributed by atoms with Crippen molar-refractivity contribution in [3.63, 3.8) is 0 Å². The third-order valence-corrected chi connectivity index (χ3v) is 5.24. The van der Waals surface area contributed by atoms with Crippen LogP contribution in [-0.2, 0) is 4.79 Å². The first-order valence-corrected chi connectivity index (χ1v) is 9.58. The zero-order chi connectivity index (χ0) is 19.6. The average Bonchev–Trinajstić information content (AvgIpc) is 2.93. The van der Waals surface area contributed by atoms with Gasteiger partial charge in [-0.3, -0.25) is 4.79 Å². The average molecular weight is 363 g/mol. The molecule has 0 radical (unpaired) electrons. The number of carbonyl (C=O) groups is 1. The molecule has 1 fully saturated rings. The Morgan fingerprint density at radius 2 is 2.04 bits per heavy atom. The van der Waals surface area contributed by atoms with E-state index in [2.05, 4.69) is 24.0 Å². The van der Waals surface area contributed by atoms with E-state index in [1.165, 1.54) is 0 Å². The summed E-state index contributed by atoms with van der Waals surface area (Å²) in [5.74, 6) is 5.57. The van der Waals surface area contributed by atoms with Crippen LogP contribution in [0.15, 0.2) is 24.3 Å². The Balaban J connectivity index is 2.54. The van der Waals surface area contributed by atoms with Gasteiger partial charge in [0.1, 0.15) is 0 Å². The molecule has 0 heterocycles. The van der Waals surface area contributed by atoms with Crippen LogP contribution in [-0.4, -0.2) is 33.5 Å². The van der Waals surface area contributed by atoms with Gasteiger partial charge in [-0.1, -0.05) is 38.2 Å². The molecule has 0 aromatic carbocycles. The lowest BCUT2D eigenvalue weighted by molar-refractivity contribution is -0.137. The summed E-state index contributed by atoms with van der Waals surface area (Å²) in [7, 11) is 0. The SMILES string of the molecule is CC#CCC(C)(C)[C@H](O)/C=C/[C@H]1CC[C@H](O)[C@@H]1C/C=C\CCCC(=O)O. The predicted octanol–water partition coefficient (Wildman–Crippen LogP) is 3.93. The van der Waals surface area contributed by atoms with E-state index in [9.17, 15) is 15.0 Å². The van der Waals surface area contributed by atoms with E-state index < -0.39 is 12.1 Å². The number of carboxylic acids is 1. The summed E-state index contributed by atoms with van der Waals surface area (Å²) in [5, 5.41) is 29.3. The summed E-state index contributed by atoms with van der Waals surface area (Å²) >= 11 is 0. The van der Waals surface area contributed by atoms with Crippen LogP contribution >= 0.6 is 0 Å². The Bertz CT molecular complexity index is 550. The van der Waals surface area contributed by atoms with Gasteiger partial charge in [0.05, 0.1) is 12.2 Å². The van der Waals surface area contributed by atoms with E-state index in [4.69, 9.17) is 5.11 Å². The second-order valence-electron chi connectivity index (χ2n) is 7.89. The summed E-state index contributed by atoms with van der Waals surface area (Å²) < 4.78 is 0. The van der Waals surface area contributed by atoms with Gasteiger partial charge in [-0.25, -0.2) is 0 Å². The minimum atomic E-state index is -0.763. The van der Waals surface area contributed by atoms with Gasteiger partial charge in [0, 0.05) is 18.3 Å². The zero-order valence-electron chi connectivity index (χ0n) is 16.3. The molecule has 1 rings (SSSR count). The summed E-state index contributed by atoms with van der Waals surface area (Å²) in [6.07, 6.45) is 11.8. The molecule has 0 aromatic rings. The maximum atomic E-state index is 10.5. The molecular formula is C22H34O4. The number of aliphatic carboxylic acids is 1. The van der Waals surface area contributed by atoms with Crippen LogP contribution in [0.3, 0.4) is 0 Å². The summed E-state index contributed by atoms with van der Waals surface area (Å²) in [6, 6.07) is 0. The fourth-order valence-corrected chi connectivity index (χ4v) is 3.32. The molecule has 26 heavy (non-hydrogen) atoms. The third kappa shape index (κ3) is 7.76. The Labute approximate surface area is 158 Å². The monoisotopic (exact) mass is 362 g/mol. The molecule has 0 spiro atoms. The lowest BCUT2D eigenvalue weighted by Crippen LogP contribution is -2.27. The number of hydrogen-bond acceptors (Lipinski definition) is 3. The molecule has 1 saturated carbocycles. The molecule has 0 aromatic heterocycles. The van der Waals surface area contributed by atoms with Crippen LogP contribution in [0.4, 0.5) is 0 Å². The highest BCUT2D eigenvalue weighted by Gasteiger charge is 2.33. The van der Waals surface area contributed by atoms with Gasteiger partial charge in [-0.2, -0.15) is 0 Å². The number of allylic oxidation sites excluding steroid dienone is 3. The largest absolute Gasteiger partial charge is 0.481 e. The second-order valence-corrected chi connectivity index (χ2v) is 7.89. The topological polar surface area (TPSA) is 77.8 Å². The molecule has 0 saturated heterocycles. The van der Waals surface area contributed by atoms with Gasteiger partial charge in [0.25, 0.3) is 0 Å². The van der Waals surface area contributed by atoms with Gasteiger partial charge in [-0.05, 0) is 50.9 Å². The molecule has 3 N–H and O–H groups in total. The fraction of sp³-hybridized carbons (Fsp3) is 0.682. The standard InChI is InChI=1S/C22H34O4/c1-4-5-16-22(2,3)20(24)15-13-17-12-14-19(23)18(17)10-8-6-7-9-11-21(25)26/h6,8,13,15,17-20,23-24H,7,9-12,14,16H2,1-3H3,(H,25,26)/b8-6-,15-13+/t17-,18-,19+,20-/m1/s1. The van der Waals surface area contributed by atoms with E-state index in [-0.39, 0.29) is 29.8 Å². The highest BCUT2D eigenvalue weighted by atomic mass is 16.4. The Morgan fingerprint density at radius 1 is 1.31 bits per heavy atom. The number of aliphatic hydroxyl groups excluding tert-OH is 2. The van der Waals surface area contributed by atoms with E-state index in [1.54, 1.807) is 6.92 Å². The van der Waals surface area contributed by atoms with Gasteiger partial charge < -0.3 is 15.3 Å². The van der Waals surface area contributed by atoms with Gasteiger partial charge in [-0.15, -0.1) is 11.8 Å². The number of carboxylic acid groups (broad SMARTS) is 1. The minimum absolute atomic E-state index is 0.160. The van der Waals surface area contributed by atoms with Gasteiger partial charge in [0.2, 0.25) is 0 Å². The van der Waals surface area contributed by atoms with Gasteiger partial charge in [0.15, 0.2) is 0 Å². The maximum absolute atomic E-state index is 10.5. The number of aliphatic hydroxyl groups is 2. The Kier molecular flexibility index (Phi) is 9.69. The fourth-order valence-electron chi connectivity index (χ4n) is 3.32. The van der Waals surface area contributed by atoms with Crippen LogP contribution in [0.2, 0.25) is 0 Å². The van der Waals surface area contributed by atoms with Crippen LogP contribution < -0.4 is 0 Å². The van der Waals surface area contributed by atoms with E-state index >= 15 is 0 Å². The smallest absolute Gasteiger partial charge is 0.303 e. The number of unbranched alkanes of at least 4 members (excludes halogenated alkanes) is 1. The van der Waals surface area contributed by atoms with Crippen molar-refractivity contribution in [2.24, 2.45) is 17.3 Å². The van der Waals surface area contributed by atoms with Gasteiger partial charge >= 0.3 is 5.97 Å². The molecule has 1 aliphatic carbocycles. The highest BCUT2D eigenvalue weighted by molar-refractivity contribution is 5.66. The first-order chi connectivity index (χ1) is 12.3. The van der Waals surface area contributed by atoms with Crippen molar-refractivity contribution in [1.82, 2.24) is 0 Å². The first-order valence-electron chi connectivity index (χ1n) is 9.58. The van der Waals surface area contributed by atoms with Crippen molar-refractivity contribution in [1.29, 1.82) is 0 Å². The van der Waals surface area contributed by atoms with Crippen molar-refractivity contribution in [3.8, 4) is 11.8 Å². The molecule has 4 heteroatoms. The molecule has 4 atom stereocenters. The van der Waals surface area contributed by atoms with Crippen LogP contribution in [0.25, 0.3) is 0 Å². The molecule has 0 amide bonds. The zero-order valence-corrected chi connectivity index (χ0v) is 16.3. The minimum Gasteiger partial charge on any atom is -0.481 e. The number of hydrogen-bond donors (Lipinski definition) is 3. The first kappa shape index (κ1) is 22.5. The Morgan fingerprint density at radius 3 is 2.69 bits per heavy atom. The van der Waals surface area contributed by atoms with Crippen molar-refractivity contribution in [2.45, 2.75) is 77.9 Å². The predicted molar refractivity (Wildman–Crippen MR) is 104 cm³/mol. The highest BCUT2D eigenvalue weighted by Crippen LogP contribution is 2.36. The lowest BCUT2D eigenvalue weighted by Gasteiger charge is -2.27. The van der Waals surface area contributed by atoms with E-state index in [0.717, 1.165) is 25.7 Å². The molecular weight excluding hydrogens is 328 g/mol. The van der Waals surface area contributed by atoms with Crippen LogP contribution in [0.1, 0.15) is 65.7 Å². The lowest BCUT2D eigenvalue weighted by atomic mass is 9.82. The molecule has 0 unspecified atom stereocenters. The molecule has 146 valence electrons. The molecule has 1 aliphatic rings. The summed E-state index contributed by atoms with van der Waals surface area (Å²) in [5.41, 5.74) is -0.295. The summed E-state index contributed by atoms with van der Waals surface area (Å²) in [6.45, 7) is 5.82. The summed E-state index contributed by atoms with van der Waals surface area (Å²) in [4.78, 5) is 10.5.